The molecule has 0 saturated carbocycles. The maximum Gasteiger partial charge on any atom is 0.162 e. The molecule has 5 heteroatoms. The standard InChI is InChI=1S/C12H16N4S/c1-3-4-9-5-11(16-13)15-12(14-9)10-7-17-6-8(10)2/h5-7H,3-4,13H2,1-2H3,(H,14,15,16). The summed E-state index contributed by atoms with van der Waals surface area (Å²) in [4.78, 5) is 8.97. The Labute approximate surface area is 105 Å². The van der Waals surface area contributed by atoms with Gasteiger partial charge < -0.3 is 5.43 Å². The number of nitrogens with zero attached hydrogens (tertiary/aromatic N) is 2. The zero-order chi connectivity index (χ0) is 12.3. The van der Waals surface area contributed by atoms with Crippen LogP contribution in [-0.2, 0) is 6.42 Å². The van der Waals surface area contributed by atoms with E-state index in [9.17, 15) is 0 Å². The molecular formula is C12H16N4S. The average molecular weight is 248 g/mol. The summed E-state index contributed by atoms with van der Waals surface area (Å²) < 4.78 is 0. The summed E-state index contributed by atoms with van der Waals surface area (Å²) in [6.07, 6.45) is 2.00. The lowest BCUT2D eigenvalue weighted by atomic mass is 10.2. The largest absolute Gasteiger partial charge is 0.308 e. The molecule has 0 fully saturated rings. The van der Waals surface area contributed by atoms with Crippen molar-refractivity contribution in [3.05, 3.63) is 28.1 Å². The van der Waals surface area contributed by atoms with Crippen molar-refractivity contribution in [2.75, 3.05) is 5.43 Å². The van der Waals surface area contributed by atoms with Gasteiger partial charge in [-0.15, -0.1) is 0 Å². The van der Waals surface area contributed by atoms with Crippen molar-refractivity contribution in [3.8, 4) is 11.4 Å². The van der Waals surface area contributed by atoms with Crippen LogP contribution in [0.1, 0.15) is 24.6 Å². The quantitative estimate of drug-likeness (QED) is 0.645. The van der Waals surface area contributed by atoms with Gasteiger partial charge in [0.1, 0.15) is 5.82 Å². The van der Waals surface area contributed by atoms with E-state index < -0.39 is 0 Å². The summed E-state index contributed by atoms with van der Waals surface area (Å²) in [7, 11) is 0. The van der Waals surface area contributed by atoms with Crippen molar-refractivity contribution < 1.29 is 0 Å². The predicted octanol–water partition coefficient (Wildman–Crippen LogP) is 2.75. The summed E-state index contributed by atoms with van der Waals surface area (Å²) in [5.74, 6) is 6.86. The van der Waals surface area contributed by atoms with E-state index in [1.54, 1.807) is 11.3 Å². The van der Waals surface area contributed by atoms with E-state index in [1.807, 2.05) is 6.07 Å². The summed E-state index contributed by atoms with van der Waals surface area (Å²) in [6.45, 7) is 4.20. The Bertz CT molecular complexity index is 507. The van der Waals surface area contributed by atoms with Crippen LogP contribution in [0, 0.1) is 6.92 Å². The highest BCUT2D eigenvalue weighted by molar-refractivity contribution is 7.08. The molecule has 2 aromatic rings. The van der Waals surface area contributed by atoms with Gasteiger partial charge in [0.15, 0.2) is 5.82 Å². The van der Waals surface area contributed by atoms with E-state index >= 15 is 0 Å². The van der Waals surface area contributed by atoms with Crippen LogP contribution in [0.3, 0.4) is 0 Å². The lowest BCUT2D eigenvalue weighted by molar-refractivity contribution is 0.875. The van der Waals surface area contributed by atoms with Crippen molar-refractivity contribution in [1.29, 1.82) is 0 Å². The van der Waals surface area contributed by atoms with Crippen molar-refractivity contribution in [1.82, 2.24) is 9.97 Å². The molecule has 2 heterocycles. The van der Waals surface area contributed by atoms with Gasteiger partial charge in [-0.1, -0.05) is 13.3 Å². The first-order valence-corrected chi connectivity index (χ1v) is 6.56. The van der Waals surface area contributed by atoms with Gasteiger partial charge in [0, 0.05) is 22.7 Å². The molecule has 0 saturated heterocycles. The molecule has 0 spiro atoms. The second-order valence-corrected chi connectivity index (χ2v) is 4.67. The summed E-state index contributed by atoms with van der Waals surface area (Å²) in [5.41, 5.74) is 5.91. The van der Waals surface area contributed by atoms with Crippen LogP contribution in [0.2, 0.25) is 0 Å². The summed E-state index contributed by atoms with van der Waals surface area (Å²) >= 11 is 1.66. The Kier molecular flexibility index (Phi) is 3.71. The third-order valence-electron chi connectivity index (χ3n) is 2.53. The number of anilines is 1. The molecule has 0 radical (unpaired) electrons. The van der Waals surface area contributed by atoms with Crippen LogP contribution in [-0.4, -0.2) is 9.97 Å². The lowest BCUT2D eigenvalue weighted by Gasteiger charge is -2.06. The SMILES string of the molecule is CCCc1cc(NN)nc(-c2cscc2C)n1. The molecule has 0 aliphatic rings. The van der Waals surface area contributed by atoms with Crippen LogP contribution >= 0.6 is 11.3 Å². The van der Waals surface area contributed by atoms with Gasteiger partial charge in [0.2, 0.25) is 0 Å². The van der Waals surface area contributed by atoms with Crippen LogP contribution < -0.4 is 11.3 Å². The van der Waals surface area contributed by atoms with E-state index in [1.165, 1.54) is 5.56 Å². The molecule has 4 nitrogen and oxygen atoms in total. The molecule has 90 valence electrons. The third-order valence-corrected chi connectivity index (χ3v) is 3.39. The van der Waals surface area contributed by atoms with E-state index in [0.29, 0.717) is 5.82 Å². The molecule has 0 bridgehead atoms. The highest BCUT2D eigenvalue weighted by atomic mass is 32.1. The first kappa shape index (κ1) is 12.0. The van der Waals surface area contributed by atoms with E-state index in [4.69, 9.17) is 5.84 Å². The fourth-order valence-corrected chi connectivity index (χ4v) is 2.49. The molecule has 0 atom stereocenters. The molecule has 17 heavy (non-hydrogen) atoms. The number of aryl methyl sites for hydroxylation is 2. The van der Waals surface area contributed by atoms with E-state index in [2.05, 4.69) is 40.0 Å². The molecule has 0 aliphatic carbocycles. The zero-order valence-electron chi connectivity index (χ0n) is 10.0. The van der Waals surface area contributed by atoms with Gasteiger partial charge in [-0.05, 0) is 24.3 Å². The number of nitrogen functional groups attached to an aromatic ring is 1. The topological polar surface area (TPSA) is 63.8 Å². The molecule has 0 amide bonds. The number of thiophene rings is 1. The monoisotopic (exact) mass is 248 g/mol. The smallest absolute Gasteiger partial charge is 0.162 e. The molecule has 3 N–H and O–H groups in total. The molecule has 0 aromatic carbocycles. The second kappa shape index (κ2) is 5.25. The van der Waals surface area contributed by atoms with Crippen LogP contribution in [0.25, 0.3) is 11.4 Å². The molecular weight excluding hydrogens is 232 g/mol. The lowest BCUT2D eigenvalue weighted by Crippen LogP contribution is -2.10. The minimum absolute atomic E-state index is 0.670. The van der Waals surface area contributed by atoms with Gasteiger partial charge in [-0.2, -0.15) is 11.3 Å². The van der Waals surface area contributed by atoms with E-state index in [-0.39, 0.29) is 0 Å². The van der Waals surface area contributed by atoms with E-state index in [0.717, 1.165) is 29.9 Å². The molecule has 0 unspecified atom stereocenters. The number of rotatable bonds is 4. The van der Waals surface area contributed by atoms with Crippen molar-refractivity contribution in [3.63, 3.8) is 0 Å². The Morgan fingerprint density at radius 3 is 2.76 bits per heavy atom. The Morgan fingerprint density at radius 1 is 1.35 bits per heavy atom. The first-order chi connectivity index (χ1) is 8.24. The summed E-state index contributed by atoms with van der Waals surface area (Å²) in [6, 6.07) is 1.90. The Balaban J connectivity index is 2.46. The van der Waals surface area contributed by atoms with Crippen LogP contribution in [0.4, 0.5) is 5.82 Å². The number of aromatic nitrogens is 2. The number of hydrogen-bond acceptors (Lipinski definition) is 5. The fourth-order valence-electron chi connectivity index (χ4n) is 1.67. The normalized spacial score (nSPS) is 10.5. The van der Waals surface area contributed by atoms with Gasteiger partial charge in [0.05, 0.1) is 0 Å². The van der Waals surface area contributed by atoms with Gasteiger partial charge in [0.25, 0.3) is 0 Å². The van der Waals surface area contributed by atoms with Crippen molar-refractivity contribution in [2.45, 2.75) is 26.7 Å². The number of nitrogens with two attached hydrogens (primary N) is 1. The zero-order valence-corrected chi connectivity index (χ0v) is 10.8. The molecule has 2 aromatic heterocycles. The minimum Gasteiger partial charge on any atom is -0.308 e. The summed E-state index contributed by atoms with van der Waals surface area (Å²) in [5, 5.41) is 4.17. The number of hydrogen-bond donors (Lipinski definition) is 2. The second-order valence-electron chi connectivity index (χ2n) is 3.93. The Hall–Kier alpha value is -1.46. The van der Waals surface area contributed by atoms with Gasteiger partial charge >= 0.3 is 0 Å². The third kappa shape index (κ3) is 2.62. The number of hydrazine groups is 1. The maximum absolute atomic E-state index is 5.44. The van der Waals surface area contributed by atoms with Crippen molar-refractivity contribution >= 4 is 17.2 Å². The van der Waals surface area contributed by atoms with Crippen molar-refractivity contribution in [2.24, 2.45) is 5.84 Å². The highest BCUT2D eigenvalue weighted by Gasteiger charge is 2.09. The van der Waals surface area contributed by atoms with Crippen LogP contribution in [0.5, 0.6) is 0 Å². The highest BCUT2D eigenvalue weighted by Crippen LogP contribution is 2.25. The van der Waals surface area contributed by atoms with Gasteiger partial charge in [-0.25, -0.2) is 15.8 Å². The van der Waals surface area contributed by atoms with Crippen LogP contribution in [0.15, 0.2) is 16.8 Å². The minimum atomic E-state index is 0.670. The predicted molar refractivity (Wildman–Crippen MR) is 71.9 cm³/mol. The Morgan fingerprint density at radius 2 is 2.18 bits per heavy atom. The number of nitrogens with one attached hydrogen (secondary N) is 1. The average Bonchev–Trinajstić information content (AvgIpc) is 2.75. The maximum atomic E-state index is 5.44. The van der Waals surface area contributed by atoms with Gasteiger partial charge in [-0.3, -0.25) is 0 Å². The molecule has 2 rings (SSSR count). The molecule has 0 aliphatic heterocycles. The first-order valence-electron chi connectivity index (χ1n) is 5.62. The fraction of sp³-hybridized carbons (Fsp3) is 0.333.